The molecule has 0 aliphatic carbocycles. The first-order chi connectivity index (χ1) is 30.2. The van der Waals surface area contributed by atoms with E-state index >= 15 is 0 Å². The lowest BCUT2D eigenvalue weighted by atomic mass is 10.0. The average Bonchev–Trinajstić information content (AvgIpc) is 4.04. The van der Waals surface area contributed by atoms with Gasteiger partial charge in [-0.1, -0.05) is 102 Å². The Morgan fingerprint density at radius 3 is 1.56 bits per heavy atom. The summed E-state index contributed by atoms with van der Waals surface area (Å²) in [5.74, 6) is 0.680. The van der Waals surface area contributed by atoms with E-state index in [1.165, 1.54) is 47.7 Å². The number of H-pyrrole nitrogens is 2. The SMILES string of the molecule is C.Nc1n[nH]c2cc(-c3ccc(NS(=O)(=O)c4cccc(Cl)c4Cl)cc3)ccc12.O=C(Nc1n[nH]c2cc(-c3ccc(NS(=O)(=O)c4cccc(Cl)c4Cl)cc3)ccc12)c1ccsc1. The number of rotatable bonds is 10. The van der Waals surface area contributed by atoms with Gasteiger partial charge in [-0.3, -0.25) is 24.4 Å². The van der Waals surface area contributed by atoms with Crippen LogP contribution in [0.5, 0.6) is 0 Å². The van der Waals surface area contributed by atoms with Gasteiger partial charge in [0.15, 0.2) is 11.6 Å². The largest absolute Gasteiger partial charge is 0.382 e. The fourth-order valence-corrected chi connectivity index (χ4v) is 10.6. The molecule has 326 valence electrons. The third-order valence-electron chi connectivity index (χ3n) is 9.52. The lowest BCUT2D eigenvalue weighted by Gasteiger charge is -2.11. The number of hydrogen-bond acceptors (Lipinski definition) is 9. The van der Waals surface area contributed by atoms with E-state index in [4.69, 9.17) is 52.1 Å². The van der Waals surface area contributed by atoms with Crippen LogP contribution in [-0.4, -0.2) is 43.1 Å². The Bertz CT molecular complexity index is 3380. The molecule has 20 heteroatoms. The Morgan fingerprint density at radius 2 is 1.06 bits per heavy atom. The summed E-state index contributed by atoms with van der Waals surface area (Å²) in [5.41, 5.74) is 12.4. The minimum absolute atomic E-state index is 0. The summed E-state index contributed by atoms with van der Waals surface area (Å²) in [6.45, 7) is 0. The topological polar surface area (TPSA) is 205 Å². The fourth-order valence-electron chi connectivity index (χ4n) is 6.35. The normalized spacial score (nSPS) is 11.4. The lowest BCUT2D eigenvalue weighted by Crippen LogP contribution is -2.13. The molecular formula is C44H34Cl4N8O5S3. The number of aromatic amines is 2. The zero-order valence-corrected chi connectivity index (χ0v) is 37.5. The van der Waals surface area contributed by atoms with Gasteiger partial charge in [0.05, 0.1) is 36.7 Å². The molecule has 9 aromatic rings. The quantitative estimate of drug-likeness (QED) is 0.0776. The minimum Gasteiger partial charge on any atom is -0.382 e. The molecule has 13 nitrogen and oxygen atoms in total. The molecule has 3 aromatic heterocycles. The molecule has 0 fully saturated rings. The maximum Gasteiger partial charge on any atom is 0.263 e. The van der Waals surface area contributed by atoms with Gasteiger partial charge < -0.3 is 11.1 Å². The molecule has 0 aliphatic rings. The summed E-state index contributed by atoms with van der Waals surface area (Å²) >= 11 is 25.4. The molecule has 1 amide bonds. The van der Waals surface area contributed by atoms with Gasteiger partial charge in [-0.2, -0.15) is 21.5 Å². The summed E-state index contributed by atoms with van der Waals surface area (Å²) in [4.78, 5) is 12.2. The molecule has 0 spiro atoms. The van der Waals surface area contributed by atoms with Gasteiger partial charge in [0.2, 0.25) is 0 Å². The van der Waals surface area contributed by atoms with Crippen LogP contribution in [0.1, 0.15) is 17.8 Å². The minimum atomic E-state index is -3.91. The summed E-state index contributed by atoms with van der Waals surface area (Å²) in [7, 11) is -7.77. The fraction of sp³-hybridized carbons (Fsp3) is 0.0227. The number of nitrogen functional groups attached to an aromatic ring is 1. The summed E-state index contributed by atoms with van der Waals surface area (Å²) in [6.07, 6.45) is 0. The lowest BCUT2D eigenvalue weighted by molar-refractivity contribution is 0.102. The molecule has 0 bridgehead atoms. The number of nitrogens with zero attached hydrogens (tertiary/aromatic N) is 2. The molecule has 0 radical (unpaired) electrons. The summed E-state index contributed by atoms with van der Waals surface area (Å²) in [5, 5.41) is 22.4. The number of nitrogens with one attached hydrogen (secondary N) is 5. The van der Waals surface area contributed by atoms with E-state index in [1.54, 1.807) is 47.8 Å². The molecule has 64 heavy (non-hydrogen) atoms. The Kier molecular flexibility index (Phi) is 13.6. The van der Waals surface area contributed by atoms with Crippen molar-refractivity contribution in [3.63, 3.8) is 0 Å². The van der Waals surface area contributed by atoms with Crippen molar-refractivity contribution in [3.8, 4) is 22.3 Å². The number of anilines is 4. The van der Waals surface area contributed by atoms with Crippen LogP contribution >= 0.6 is 57.7 Å². The highest BCUT2D eigenvalue weighted by Crippen LogP contribution is 2.34. The Labute approximate surface area is 391 Å². The number of carbonyl (C=O) groups excluding carboxylic acids is 1. The van der Waals surface area contributed by atoms with E-state index in [9.17, 15) is 21.6 Å². The van der Waals surface area contributed by atoms with Crippen LogP contribution in [0, 0.1) is 0 Å². The second kappa shape index (κ2) is 18.9. The highest BCUT2D eigenvalue weighted by Gasteiger charge is 2.21. The summed E-state index contributed by atoms with van der Waals surface area (Å²) < 4.78 is 55.7. The zero-order chi connectivity index (χ0) is 44.5. The van der Waals surface area contributed by atoms with Crippen molar-refractivity contribution in [1.82, 2.24) is 20.4 Å². The number of carbonyl (C=O) groups is 1. The smallest absolute Gasteiger partial charge is 0.263 e. The number of halogens is 4. The number of aromatic nitrogens is 4. The highest BCUT2D eigenvalue weighted by molar-refractivity contribution is 7.93. The van der Waals surface area contributed by atoms with E-state index in [0.717, 1.165) is 44.1 Å². The van der Waals surface area contributed by atoms with E-state index in [0.29, 0.717) is 28.6 Å². The van der Waals surface area contributed by atoms with Gasteiger partial charge in [-0.05, 0) is 106 Å². The monoisotopic (exact) mass is 990 g/mol. The molecule has 3 heterocycles. The predicted octanol–water partition coefficient (Wildman–Crippen LogP) is 12.2. The van der Waals surface area contributed by atoms with Gasteiger partial charge in [0, 0.05) is 27.5 Å². The van der Waals surface area contributed by atoms with E-state index in [-0.39, 0.29) is 43.2 Å². The standard InChI is InChI=1S/C24H16Cl2N4O3S2.C19H14Cl2N4O2S.CH4/c25-19-2-1-3-21(22(19)26)35(32,33)30-17-7-4-14(5-8-17)15-6-9-18-20(12-15)28-29-23(18)27-24(31)16-10-11-34-13-16;20-15-2-1-3-17(18(15)21)28(26,27)25-13-7-4-11(5-8-13)12-6-9-14-16(10-12)23-24-19(14)22;/h1-13,30H,(H2,27,28,29,31);1-10,25H,(H3,22,23,24);1H4. The van der Waals surface area contributed by atoms with Crippen LogP contribution in [0.15, 0.2) is 148 Å². The molecule has 0 atom stereocenters. The van der Waals surface area contributed by atoms with Gasteiger partial charge in [-0.25, -0.2) is 16.8 Å². The molecule has 0 aliphatic heterocycles. The second-order valence-electron chi connectivity index (χ2n) is 13.6. The maximum absolute atomic E-state index is 12.7. The van der Waals surface area contributed by atoms with Crippen molar-refractivity contribution in [2.45, 2.75) is 17.2 Å². The number of amides is 1. The van der Waals surface area contributed by atoms with E-state index < -0.39 is 20.0 Å². The third-order valence-corrected chi connectivity index (χ3v) is 14.9. The van der Waals surface area contributed by atoms with Crippen LogP contribution in [0.25, 0.3) is 44.1 Å². The Balaban J connectivity index is 0.000000193. The second-order valence-corrected chi connectivity index (χ2v) is 19.3. The molecular weight excluding hydrogens is 959 g/mol. The van der Waals surface area contributed by atoms with Crippen molar-refractivity contribution in [2.24, 2.45) is 0 Å². The molecule has 9 rings (SSSR count). The predicted molar refractivity (Wildman–Crippen MR) is 261 cm³/mol. The van der Waals surface area contributed by atoms with Crippen LogP contribution in [0.2, 0.25) is 20.1 Å². The van der Waals surface area contributed by atoms with Crippen molar-refractivity contribution >= 4 is 129 Å². The number of thiophene rings is 1. The van der Waals surface area contributed by atoms with Crippen LogP contribution < -0.4 is 20.5 Å². The number of hydrogen-bond donors (Lipinski definition) is 6. The van der Waals surface area contributed by atoms with Crippen molar-refractivity contribution in [3.05, 3.63) is 164 Å². The first-order valence-corrected chi connectivity index (χ1v) is 23.8. The number of benzene rings is 6. The van der Waals surface area contributed by atoms with Crippen LogP contribution in [-0.2, 0) is 20.0 Å². The van der Waals surface area contributed by atoms with Gasteiger partial charge in [-0.15, -0.1) is 0 Å². The van der Waals surface area contributed by atoms with Gasteiger partial charge in [0.25, 0.3) is 26.0 Å². The number of nitrogens with two attached hydrogens (primary N) is 1. The van der Waals surface area contributed by atoms with Gasteiger partial charge >= 0.3 is 0 Å². The molecule has 7 N–H and O–H groups in total. The van der Waals surface area contributed by atoms with Crippen LogP contribution in [0.4, 0.5) is 23.0 Å². The summed E-state index contributed by atoms with van der Waals surface area (Å²) in [6, 6.07) is 36.0. The Hall–Kier alpha value is -6.11. The number of sulfonamides is 2. The third kappa shape index (κ3) is 9.83. The van der Waals surface area contributed by atoms with Gasteiger partial charge in [0.1, 0.15) is 9.79 Å². The zero-order valence-electron chi connectivity index (χ0n) is 32.0. The highest BCUT2D eigenvalue weighted by atomic mass is 35.5. The van der Waals surface area contributed by atoms with E-state index in [2.05, 4.69) is 35.2 Å². The molecule has 0 saturated heterocycles. The Morgan fingerprint density at radius 1 is 0.594 bits per heavy atom. The van der Waals surface area contributed by atoms with E-state index in [1.807, 2.05) is 53.9 Å². The number of fused-ring (bicyclic) bond motifs is 2. The van der Waals surface area contributed by atoms with Crippen molar-refractivity contribution in [2.75, 3.05) is 20.5 Å². The molecule has 0 saturated carbocycles. The molecule has 6 aromatic carbocycles. The first kappa shape index (κ1) is 45.9. The molecule has 0 unspecified atom stereocenters. The van der Waals surface area contributed by atoms with Crippen LogP contribution in [0.3, 0.4) is 0 Å². The van der Waals surface area contributed by atoms with Crippen molar-refractivity contribution in [1.29, 1.82) is 0 Å². The first-order valence-electron chi connectivity index (χ1n) is 18.4. The average molecular weight is 993 g/mol. The van der Waals surface area contributed by atoms with Crippen molar-refractivity contribution < 1.29 is 21.6 Å². The maximum atomic E-state index is 12.7.